The van der Waals surface area contributed by atoms with Crippen LogP contribution in [0.2, 0.25) is 0 Å². The van der Waals surface area contributed by atoms with E-state index in [4.69, 9.17) is 9.47 Å². The average Bonchev–Trinajstić information content (AvgIpc) is 2.83. The molecule has 0 aliphatic carbocycles. The molecule has 0 aliphatic heterocycles. The van der Waals surface area contributed by atoms with Gasteiger partial charge in [-0.3, -0.25) is 5.32 Å². The van der Waals surface area contributed by atoms with Crippen LogP contribution in [0.4, 0.5) is 10.5 Å². The van der Waals surface area contributed by atoms with E-state index in [1.54, 1.807) is 12.1 Å². The average molecular weight is 446 g/mol. The molecule has 0 heterocycles. The standard InChI is InChI=1S/C27H27NO5/c1-2-32-25(16-17-29)26(22-14-15-24(30)21-12-6-5-11-20(21)22)33-27(31)28-23-13-7-9-18-8-3-4-10-19(18)23/h3-15,25-26,29-30H,2,16-17H2,1H3,(H,28,31)/t25-,26-/m1/s1. The van der Waals surface area contributed by atoms with Gasteiger partial charge in [0.25, 0.3) is 0 Å². The van der Waals surface area contributed by atoms with Gasteiger partial charge < -0.3 is 19.7 Å². The summed E-state index contributed by atoms with van der Waals surface area (Å²) in [5.41, 5.74) is 1.34. The van der Waals surface area contributed by atoms with Crippen LogP contribution in [0.3, 0.4) is 0 Å². The number of phenolic OH excluding ortho intramolecular Hbond substituents is 1. The van der Waals surface area contributed by atoms with E-state index in [1.165, 1.54) is 0 Å². The number of hydrogen-bond acceptors (Lipinski definition) is 5. The smallest absolute Gasteiger partial charge is 0.412 e. The van der Waals surface area contributed by atoms with Crippen LogP contribution in [0, 0.1) is 0 Å². The Morgan fingerprint density at radius 2 is 1.61 bits per heavy atom. The van der Waals surface area contributed by atoms with Crippen molar-refractivity contribution in [2.24, 2.45) is 0 Å². The zero-order chi connectivity index (χ0) is 23.2. The number of phenols is 1. The number of aliphatic hydroxyl groups is 1. The maximum atomic E-state index is 13.1. The van der Waals surface area contributed by atoms with Gasteiger partial charge in [0.1, 0.15) is 11.9 Å². The normalized spacial score (nSPS) is 13.0. The lowest BCUT2D eigenvalue weighted by Crippen LogP contribution is -2.30. The molecule has 170 valence electrons. The minimum atomic E-state index is -0.794. The fourth-order valence-corrected chi connectivity index (χ4v) is 4.15. The number of amides is 1. The molecule has 3 N–H and O–H groups in total. The molecule has 0 radical (unpaired) electrons. The number of anilines is 1. The topological polar surface area (TPSA) is 88.0 Å². The zero-order valence-corrected chi connectivity index (χ0v) is 18.4. The van der Waals surface area contributed by atoms with Crippen molar-refractivity contribution in [3.8, 4) is 5.75 Å². The molecule has 2 atom stereocenters. The van der Waals surface area contributed by atoms with Gasteiger partial charge in [0.05, 0.1) is 5.69 Å². The molecule has 0 fully saturated rings. The molecular weight excluding hydrogens is 418 g/mol. The maximum Gasteiger partial charge on any atom is 0.412 e. The van der Waals surface area contributed by atoms with Gasteiger partial charge in [-0.05, 0) is 29.8 Å². The first-order valence-corrected chi connectivity index (χ1v) is 11.0. The summed E-state index contributed by atoms with van der Waals surface area (Å²) >= 11 is 0. The second-order valence-electron chi connectivity index (χ2n) is 7.70. The molecule has 0 bridgehead atoms. The molecule has 6 nitrogen and oxygen atoms in total. The monoisotopic (exact) mass is 445 g/mol. The number of carbonyl (C=O) groups is 1. The number of ether oxygens (including phenoxy) is 2. The molecule has 4 aromatic rings. The van der Waals surface area contributed by atoms with Crippen molar-refractivity contribution >= 4 is 33.3 Å². The number of hydrogen-bond donors (Lipinski definition) is 3. The van der Waals surface area contributed by atoms with Crippen molar-refractivity contribution in [3.63, 3.8) is 0 Å². The van der Waals surface area contributed by atoms with E-state index in [-0.39, 0.29) is 18.8 Å². The number of rotatable bonds is 8. The zero-order valence-electron chi connectivity index (χ0n) is 18.4. The van der Waals surface area contributed by atoms with E-state index in [1.807, 2.05) is 73.7 Å². The third-order valence-corrected chi connectivity index (χ3v) is 5.63. The summed E-state index contributed by atoms with van der Waals surface area (Å²) in [6, 6.07) is 24.1. The Labute approximate surface area is 192 Å². The first kappa shape index (κ1) is 22.6. The number of carbonyl (C=O) groups excluding carboxylic acids is 1. The van der Waals surface area contributed by atoms with Crippen LogP contribution in [0.25, 0.3) is 21.5 Å². The van der Waals surface area contributed by atoms with Crippen molar-refractivity contribution in [2.45, 2.75) is 25.6 Å². The SMILES string of the molecule is CCO[C@H](CCO)[C@H](OC(=O)Nc1cccc2ccccc12)c1ccc(O)c2ccccc12. The summed E-state index contributed by atoms with van der Waals surface area (Å²) in [5.74, 6) is 0.142. The van der Waals surface area contributed by atoms with E-state index < -0.39 is 18.3 Å². The van der Waals surface area contributed by atoms with Crippen molar-refractivity contribution in [1.29, 1.82) is 0 Å². The number of fused-ring (bicyclic) bond motifs is 2. The Hall–Kier alpha value is -3.61. The van der Waals surface area contributed by atoms with E-state index in [2.05, 4.69) is 5.32 Å². The van der Waals surface area contributed by atoms with Gasteiger partial charge in [-0.15, -0.1) is 0 Å². The van der Waals surface area contributed by atoms with Crippen LogP contribution in [-0.4, -0.2) is 35.6 Å². The highest BCUT2D eigenvalue weighted by Crippen LogP contribution is 2.36. The summed E-state index contributed by atoms with van der Waals surface area (Å²) in [7, 11) is 0. The molecule has 4 rings (SSSR count). The summed E-state index contributed by atoms with van der Waals surface area (Å²) in [5, 5.41) is 26.1. The van der Waals surface area contributed by atoms with Gasteiger partial charge in [0, 0.05) is 36.0 Å². The van der Waals surface area contributed by atoms with Gasteiger partial charge in [-0.2, -0.15) is 0 Å². The quantitative estimate of drug-likeness (QED) is 0.320. The fraction of sp³-hybridized carbons (Fsp3) is 0.222. The van der Waals surface area contributed by atoms with Crippen molar-refractivity contribution in [1.82, 2.24) is 0 Å². The molecule has 0 spiro atoms. The lowest BCUT2D eigenvalue weighted by Gasteiger charge is -2.28. The Balaban J connectivity index is 1.70. The third kappa shape index (κ3) is 4.92. The molecule has 0 saturated heterocycles. The fourth-order valence-electron chi connectivity index (χ4n) is 4.15. The lowest BCUT2D eigenvalue weighted by molar-refractivity contribution is -0.0478. The van der Waals surface area contributed by atoms with Gasteiger partial charge >= 0.3 is 6.09 Å². The predicted octanol–water partition coefficient (Wildman–Crippen LogP) is 5.78. The van der Waals surface area contributed by atoms with Crippen LogP contribution in [0.5, 0.6) is 5.75 Å². The van der Waals surface area contributed by atoms with Crippen LogP contribution < -0.4 is 5.32 Å². The van der Waals surface area contributed by atoms with Crippen molar-refractivity contribution in [2.75, 3.05) is 18.5 Å². The minimum absolute atomic E-state index is 0.120. The maximum absolute atomic E-state index is 13.1. The van der Waals surface area contributed by atoms with Gasteiger partial charge in [-0.25, -0.2) is 4.79 Å². The number of benzene rings is 4. The van der Waals surface area contributed by atoms with Gasteiger partial charge in [-0.1, -0.05) is 66.7 Å². The highest BCUT2D eigenvalue weighted by Gasteiger charge is 2.29. The number of aliphatic hydroxyl groups excluding tert-OH is 1. The van der Waals surface area contributed by atoms with Crippen molar-refractivity contribution < 1.29 is 24.5 Å². The van der Waals surface area contributed by atoms with E-state index in [9.17, 15) is 15.0 Å². The van der Waals surface area contributed by atoms with Crippen LogP contribution >= 0.6 is 0 Å². The van der Waals surface area contributed by atoms with Crippen LogP contribution in [0.1, 0.15) is 25.0 Å². The second kappa shape index (κ2) is 10.3. The van der Waals surface area contributed by atoms with Crippen LogP contribution in [-0.2, 0) is 9.47 Å². The van der Waals surface area contributed by atoms with E-state index in [0.29, 0.717) is 23.2 Å². The molecule has 1 amide bonds. The number of aromatic hydroxyl groups is 1. The second-order valence-corrected chi connectivity index (χ2v) is 7.70. The van der Waals surface area contributed by atoms with Crippen molar-refractivity contribution in [3.05, 3.63) is 84.4 Å². The molecule has 0 aromatic heterocycles. The molecule has 6 heteroatoms. The highest BCUT2D eigenvalue weighted by atomic mass is 16.6. The molecule has 4 aromatic carbocycles. The summed E-state index contributed by atoms with van der Waals surface area (Å²) in [6.07, 6.45) is -1.70. The Bertz CT molecular complexity index is 1240. The molecule has 0 saturated carbocycles. The molecule has 33 heavy (non-hydrogen) atoms. The molecule has 0 unspecified atom stereocenters. The Morgan fingerprint density at radius 1 is 0.909 bits per heavy atom. The summed E-state index contributed by atoms with van der Waals surface area (Å²) < 4.78 is 11.8. The largest absolute Gasteiger partial charge is 0.507 e. The Morgan fingerprint density at radius 3 is 2.36 bits per heavy atom. The first-order valence-electron chi connectivity index (χ1n) is 11.0. The predicted molar refractivity (Wildman–Crippen MR) is 130 cm³/mol. The van der Waals surface area contributed by atoms with Gasteiger partial charge in [0.15, 0.2) is 6.10 Å². The molecular formula is C27H27NO5. The van der Waals surface area contributed by atoms with Gasteiger partial charge in [0.2, 0.25) is 0 Å². The highest BCUT2D eigenvalue weighted by molar-refractivity contribution is 6.00. The van der Waals surface area contributed by atoms with E-state index >= 15 is 0 Å². The van der Waals surface area contributed by atoms with Crippen LogP contribution in [0.15, 0.2) is 78.9 Å². The minimum Gasteiger partial charge on any atom is -0.507 e. The summed E-state index contributed by atoms with van der Waals surface area (Å²) in [4.78, 5) is 13.1. The summed E-state index contributed by atoms with van der Waals surface area (Å²) in [6.45, 7) is 2.13. The van der Waals surface area contributed by atoms with E-state index in [0.717, 1.165) is 16.2 Å². The Kier molecular flexibility index (Phi) is 7.07. The lowest BCUT2D eigenvalue weighted by atomic mass is 9.95. The first-order chi connectivity index (χ1) is 16.1. The molecule has 0 aliphatic rings. The number of nitrogens with one attached hydrogen (secondary N) is 1. The third-order valence-electron chi connectivity index (χ3n) is 5.63.